The highest BCUT2D eigenvalue weighted by Crippen LogP contribution is 2.24. The topological polar surface area (TPSA) is 72.9 Å². The van der Waals surface area contributed by atoms with E-state index in [2.05, 4.69) is 0 Å². The highest BCUT2D eigenvalue weighted by molar-refractivity contribution is 6.30. The predicted octanol–water partition coefficient (Wildman–Crippen LogP) is 5.10. The summed E-state index contributed by atoms with van der Waals surface area (Å²) in [6.45, 7) is 3.07. The van der Waals surface area contributed by atoms with Crippen molar-refractivity contribution in [2.24, 2.45) is 0 Å². The third-order valence-electron chi connectivity index (χ3n) is 5.63. The van der Waals surface area contributed by atoms with Crippen molar-refractivity contribution in [1.82, 2.24) is 4.90 Å². The first kappa shape index (κ1) is 25.7. The Kier molecular flexibility index (Phi) is 9.86. The minimum Gasteiger partial charge on any atom is -0.464 e. The highest BCUT2D eigenvalue weighted by Gasteiger charge is 2.28. The Morgan fingerprint density at radius 2 is 1.91 bits per heavy atom. The number of rotatable bonds is 12. The molecule has 0 unspecified atom stereocenters. The first-order valence-corrected chi connectivity index (χ1v) is 12.0. The molecule has 1 aliphatic heterocycles. The van der Waals surface area contributed by atoms with Crippen molar-refractivity contribution >= 4 is 29.3 Å². The normalized spacial score (nSPS) is 15.8. The van der Waals surface area contributed by atoms with Crippen LogP contribution in [0.15, 0.2) is 60.7 Å². The minimum absolute atomic E-state index is 0.0524. The molecule has 180 valence electrons. The molecule has 1 fully saturated rings. The van der Waals surface area contributed by atoms with Gasteiger partial charge in [0.1, 0.15) is 6.61 Å². The molecule has 0 bridgehead atoms. The van der Waals surface area contributed by atoms with Gasteiger partial charge in [0.2, 0.25) is 5.91 Å². The Morgan fingerprint density at radius 3 is 2.68 bits per heavy atom. The van der Waals surface area contributed by atoms with Crippen LogP contribution in [0.25, 0.3) is 11.1 Å². The van der Waals surface area contributed by atoms with E-state index < -0.39 is 0 Å². The van der Waals surface area contributed by atoms with Gasteiger partial charge in [0.15, 0.2) is 5.78 Å². The number of ketones is 1. The summed E-state index contributed by atoms with van der Waals surface area (Å²) in [5.74, 6) is -0.368. The van der Waals surface area contributed by atoms with Gasteiger partial charge < -0.3 is 14.4 Å². The van der Waals surface area contributed by atoms with Crippen LogP contribution in [0.5, 0.6) is 0 Å². The second-order valence-corrected chi connectivity index (χ2v) is 8.51. The molecular formula is C27H30ClNO5. The van der Waals surface area contributed by atoms with Crippen molar-refractivity contribution in [3.05, 3.63) is 71.3 Å². The molecule has 7 heteroatoms. The number of carbonyl (C=O) groups is 3. The number of hydrogen-bond donors (Lipinski definition) is 0. The van der Waals surface area contributed by atoms with Gasteiger partial charge in [-0.2, -0.15) is 0 Å². The Balaban J connectivity index is 1.51. The van der Waals surface area contributed by atoms with Crippen LogP contribution in [0.3, 0.4) is 0 Å². The second-order valence-electron chi connectivity index (χ2n) is 8.07. The second kappa shape index (κ2) is 13.1. The molecule has 0 aliphatic carbocycles. The van der Waals surface area contributed by atoms with Crippen LogP contribution >= 0.6 is 11.6 Å². The van der Waals surface area contributed by atoms with Crippen LogP contribution in [0, 0.1) is 0 Å². The molecular weight excluding hydrogens is 454 g/mol. The SMILES string of the molecule is CCOC(=O)COCCCCN1C(=O)CC[C@@H]1/C=C/C(=O)c1cccc(-c2ccc(Cl)cc2)c1. The number of ether oxygens (including phenoxy) is 2. The number of benzene rings is 2. The van der Waals surface area contributed by atoms with E-state index in [1.54, 1.807) is 19.1 Å². The average molecular weight is 484 g/mol. The van der Waals surface area contributed by atoms with E-state index in [1.165, 1.54) is 0 Å². The van der Waals surface area contributed by atoms with Gasteiger partial charge in [0.25, 0.3) is 0 Å². The molecule has 0 N–H and O–H groups in total. The molecule has 0 radical (unpaired) electrons. The van der Waals surface area contributed by atoms with Crippen LogP contribution in [0.1, 0.15) is 43.0 Å². The average Bonchev–Trinajstić information content (AvgIpc) is 3.19. The molecule has 0 saturated carbocycles. The van der Waals surface area contributed by atoms with Gasteiger partial charge in [0.05, 0.1) is 12.6 Å². The molecule has 1 atom stereocenters. The Morgan fingerprint density at radius 1 is 1.12 bits per heavy atom. The molecule has 2 aromatic rings. The molecule has 3 rings (SSSR count). The number of nitrogens with zero attached hydrogens (tertiary/aromatic N) is 1. The van der Waals surface area contributed by atoms with Crippen molar-refractivity contribution in [3.8, 4) is 11.1 Å². The van der Waals surface area contributed by atoms with E-state index in [9.17, 15) is 14.4 Å². The number of esters is 1. The zero-order chi connectivity index (χ0) is 24.3. The molecule has 34 heavy (non-hydrogen) atoms. The fourth-order valence-electron chi connectivity index (χ4n) is 3.88. The standard InChI is InChI=1S/C27H30ClNO5/c1-2-34-27(32)19-33-17-4-3-16-29-24(13-15-26(29)31)12-14-25(30)22-7-5-6-21(18-22)20-8-10-23(28)11-9-20/h5-12,14,18,24H,2-4,13,15-17,19H2,1H3/b14-12+/t24-/m0/s1. The summed E-state index contributed by atoms with van der Waals surface area (Å²) >= 11 is 5.97. The number of hydrogen-bond acceptors (Lipinski definition) is 5. The zero-order valence-electron chi connectivity index (χ0n) is 19.4. The van der Waals surface area contributed by atoms with Crippen molar-refractivity contribution in [2.45, 2.75) is 38.6 Å². The van der Waals surface area contributed by atoms with Gasteiger partial charge in [-0.1, -0.05) is 48.0 Å². The summed E-state index contributed by atoms with van der Waals surface area (Å²) in [6, 6.07) is 14.9. The van der Waals surface area contributed by atoms with Crippen molar-refractivity contribution < 1.29 is 23.9 Å². The number of allylic oxidation sites excluding steroid dienone is 1. The van der Waals surface area contributed by atoms with E-state index in [-0.39, 0.29) is 30.3 Å². The maximum atomic E-state index is 12.8. The van der Waals surface area contributed by atoms with Gasteiger partial charge in [-0.15, -0.1) is 0 Å². The Bertz CT molecular complexity index is 1020. The first-order chi connectivity index (χ1) is 16.5. The summed E-state index contributed by atoms with van der Waals surface area (Å²) in [7, 11) is 0. The lowest BCUT2D eigenvalue weighted by Crippen LogP contribution is -2.32. The molecule has 1 aliphatic rings. The van der Waals surface area contributed by atoms with E-state index in [1.807, 2.05) is 53.4 Å². The van der Waals surface area contributed by atoms with E-state index in [0.29, 0.717) is 43.2 Å². The Hall–Kier alpha value is -2.96. The number of carbonyl (C=O) groups excluding carboxylic acids is 3. The van der Waals surface area contributed by atoms with Gasteiger partial charge in [-0.25, -0.2) is 4.79 Å². The third-order valence-corrected chi connectivity index (χ3v) is 5.88. The predicted molar refractivity (Wildman–Crippen MR) is 132 cm³/mol. The summed E-state index contributed by atoms with van der Waals surface area (Å²) in [5, 5.41) is 0.666. The summed E-state index contributed by atoms with van der Waals surface area (Å²) in [6.07, 6.45) is 6.08. The maximum absolute atomic E-state index is 12.8. The third kappa shape index (κ3) is 7.54. The first-order valence-electron chi connectivity index (χ1n) is 11.6. The lowest BCUT2D eigenvalue weighted by Gasteiger charge is -2.22. The van der Waals surface area contributed by atoms with Crippen molar-refractivity contribution in [2.75, 3.05) is 26.4 Å². The molecule has 0 aromatic heterocycles. The number of unbranched alkanes of at least 4 members (excludes halogenated alkanes) is 1. The Labute approximate surface area is 205 Å². The minimum atomic E-state index is -0.370. The lowest BCUT2D eigenvalue weighted by atomic mass is 10.0. The number of halogens is 1. The summed E-state index contributed by atoms with van der Waals surface area (Å²) in [5.41, 5.74) is 2.53. The quantitative estimate of drug-likeness (QED) is 0.182. The van der Waals surface area contributed by atoms with E-state index >= 15 is 0 Å². The van der Waals surface area contributed by atoms with Gasteiger partial charge in [-0.3, -0.25) is 9.59 Å². The molecule has 0 spiro atoms. The molecule has 2 aromatic carbocycles. The van der Waals surface area contributed by atoms with Crippen LogP contribution in [-0.2, 0) is 19.1 Å². The molecule has 1 amide bonds. The monoisotopic (exact) mass is 483 g/mol. The smallest absolute Gasteiger partial charge is 0.332 e. The largest absolute Gasteiger partial charge is 0.464 e. The molecule has 1 saturated heterocycles. The number of likely N-dealkylation sites (tertiary alicyclic amines) is 1. The van der Waals surface area contributed by atoms with E-state index in [4.69, 9.17) is 21.1 Å². The summed E-state index contributed by atoms with van der Waals surface area (Å²) < 4.78 is 10.1. The van der Waals surface area contributed by atoms with Gasteiger partial charge in [-0.05, 0) is 61.6 Å². The van der Waals surface area contributed by atoms with Crippen molar-refractivity contribution in [3.63, 3.8) is 0 Å². The van der Waals surface area contributed by atoms with Crippen molar-refractivity contribution in [1.29, 1.82) is 0 Å². The fraction of sp³-hybridized carbons (Fsp3) is 0.370. The highest BCUT2D eigenvalue weighted by atomic mass is 35.5. The fourth-order valence-corrected chi connectivity index (χ4v) is 4.01. The van der Waals surface area contributed by atoms with Crippen LogP contribution in [-0.4, -0.2) is 55.0 Å². The maximum Gasteiger partial charge on any atom is 0.332 e. The van der Waals surface area contributed by atoms with Crippen LogP contribution < -0.4 is 0 Å². The van der Waals surface area contributed by atoms with E-state index in [0.717, 1.165) is 24.0 Å². The molecule has 1 heterocycles. The van der Waals surface area contributed by atoms with Crippen LogP contribution in [0.4, 0.5) is 0 Å². The zero-order valence-corrected chi connectivity index (χ0v) is 20.1. The van der Waals surface area contributed by atoms with Gasteiger partial charge in [0, 0.05) is 30.2 Å². The number of amides is 1. The molecule has 6 nitrogen and oxygen atoms in total. The lowest BCUT2D eigenvalue weighted by molar-refractivity contribution is -0.148. The van der Waals surface area contributed by atoms with Crippen LogP contribution in [0.2, 0.25) is 5.02 Å². The van der Waals surface area contributed by atoms with Gasteiger partial charge >= 0.3 is 5.97 Å². The summed E-state index contributed by atoms with van der Waals surface area (Å²) in [4.78, 5) is 38.2.